The average Bonchev–Trinajstić information content (AvgIpc) is 3.31. The van der Waals surface area contributed by atoms with Crippen molar-refractivity contribution in [2.75, 3.05) is 13.1 Å². The molecule has 1 saturated heterocycles. The second-order valence-electron chi connectivity index (χ2n) is 9.62. The van der Waals surface area contributed by atoms with Crippen LogP contribution in [0.5, 0.6) is 0 Å². The molecule has 0 aliphatic carbocycles. The molecule has 0 N–H and O–H groups in total. The molecule has 5 rings (SSSR count). The second-order valence-corrected chi connectivity index (χ2v) is 9.62. The number of rotatable bonds is 8. The molecule has 36 heavy (non-hydrogen) atoms. The highest BCUT2D eigenvalue weighted by Gasteiger charge is 2.22. The summed E-state index contributed by atoms with van der Waals surface area (Å²) in [5, 5.41) is 8.06. The minimum absolute atomic E-state index is 0.266. The van der Waals surface area contributed by atoms with Crippen LogP contribution in [0.2, 0.25) is 0 Å². The molecule has 0 spiro atoms. The van der Waals surface area contributed by atoms with E-state index in [1.807, 2.05) is 54.6 Å². The van der Waals surface area contributed by atoms with Crippen molar-refractivity contribution in [3.8, 4) is 0 Å². The van der Waals surface area contributed by atoms with Crippen LogP contribution in [0.4, 0.5) is 0 Å². The summed E-state index contributed by atoms with van der Waals surface area (Å²) in [6, 6.07) is 23.9. The Hall–Kier alpha value is -3.55. The minimum atomic E-state index is -0.467. The third kappa shape index (κ3) is 5.64. The van der Waals surface area contributed by atoms with Gasteiger partial charge in [0.05, 0.1) is 18.3 Å². The highest BCUT2D eigenvalue weighted by Crippen LogP contribution is 2.21. The lowest BCUT2D eigenvalue weighted by atomic mass is 9.97. The van der Waals surface area contributed by atoms with Crippen LogP contribution in [0.25, 0.3) is 11.0 Å². The number of carbonyl (C=O) groups excluding carboxylic acids is 1. The Morgan fingerprint density at radius 1 is 0.972 bits per heavy atom. The van der Waals surface area contributed by atoms with Gasteiger partial charge in [-0.3, -0.25) is 0 Å². The summed E-state index contributed by atoms with van der Waals surface area (Å²) in [6.07, 6.45) is 2.98. The molecule has 0 atom stereocenters. The smallest absolute Gasteiger partial charge is 0.366 e. The molecule has 3 aromatic carbocycles. The topological polar surface area (TPSA) is 69.5 Å². The zero-order valence-electron chi connectivity index (χ0n) is 20.8. The Bertz CT molecular complexity index is 1310. The van der Waals surface area contributed by atoms with Gasteiger partial charge in [0.25, 0.3) is 0 Å². The summed E-state index contributed by atoms with van der Waals surface area (Å²) in [7, 11) is 0. The van der Waals surface area contributed by atoms with Crippen molar-refractivity contribution in [1.82, 2.24) is 20.1 Å². The van der Waals surface area contributed by atoms with E-state index in [9.17, 15) is 4.79 Å². The van der Waals surface area contributed by atoms with Gasteiger partial charge in [-0.2, -0.15) is 0 Å². The van der Waals surface area contributed by atoms with Gasteiger partial charge in [-0.05, 0) is 73.2 Å². The van der Waals surface area contributed by atoms with Crippen molar-refractivity contribution in [1.29, 1.82) is 0 Å². The number of carbonyl (C=O) groups is 1. The van der Waals surface area contributed by atoms with E-state index >= 15 is 0 Å². The summed E-state index contributed by atoms with van der Waals surface area (Å²) in [5.41, 5.74) is 4.89. The lowest BCUT2D eigenvalue weighted by Crippen LogP contribution is -2.40. The van der Waals surface area contributed by atoms with Crippen LogP contribution in [0, 0.1) is 0 Å². The first-order valence-electron chi connectivity index (χ1n) is 12.6. The number of ether oxygens (including phenoxy) is 1. The summed E-state index contributed by atoms with van der Waals surface area (Å²) in [6.45, 7) is 7.16. The third-order valence-electron chi connectivity index (χ3n) is 6.81. The summed E-state index contributed by atoms with van der Waals surface area (Å²) in [5.74, 6) is -0.467. The highest BCUT2D eigenvalue weighted by molar-refractivity contribution is 5.92. The minimum Gasteiger partial charge on any atom is -0.373 e. The third-order valence-corrected chi connectivity index (χ3v) is 6.81. The Morgan fingerprint density at radius 2 is 1.72 bits per heavy atom. The van der Waals surface area contributed by atoms with Crippen molar-refractivity contribution in [2.24, 2.45) is 0 Å². The molecule has 1 aromatic heterocycles. The van der Waals surface area contributed by atoms with Gasteiger partial charge in [-0.15, -0.1) is 5.10 Å². The first kappa shape index (κ1) is 24.2. The van der Waals surface area contributed by atoms with Gasteiger partial charge in [-0.25, -0.2) is 4.79 Å². The molecule has 0 radical (unpaired) electrons. The van der Waals surface area contributed by atoms with Gasteiger partial charge in [-0.1, -0.05) is 59.4 Å². The molecular formula is C29H32N4O3. The predicted octanol–water partition coefficient (Wildman–Crippen LogP) is 4.68. The molecule has 186 valence electrons. The Kier molecular flexibility index (Phi) is 7.39. The van der Waals surface area contributed by atoms with E-state index in [1.54, 1.807) is 0 Å². The van der Waals surface area contributed by atoms with Crippen molar-refractivity contribution in [2.45, 2.75) is 51.9 Å². The van der Waals surface area contributed by atoms with Crippen LogP contribution >= 0.6 is 0 Å². The lowest BCUT2D eigenvalue weighted by molar-refractivity contribution is -0.00806. The van der Waals surface area contributed by atoms with E-state index in [-0.39, 0.29) is 6.10 Å². The average molecular weight is 485 g/mol. The maximum atomic E-state index is 13.2. The van der Waals surface area contributed by atoms with E-state index in [2.05, 4.69) is 47.3 Å². The van der Waals surface area contributed by atoms with Crippen LogP contribution in [0.3, 0.4) is 0 Å². The molecular weight excluding hydrogens is 452 g/mol. The summed E-state index contributed by atoms with van der Waals surface area (Å²) in [4.78, 5) is 22.5. The van der Waals surface area contributed by atoms with Crippen molar-refractivity contribution in [3.63, 3.8) is 0 Å². The van der Waals surface area contributed by atoms with Crippen LogP contribution in [0.15, 0.2) is 72.8 Å². The Morgan fingerprint density at radius 3 is 2.50 bits per heavy atom. The fourth-order valence-corrected chi connectivity index (χ4v) is 4.71. The van der Waals surface area contributed by atoms with E-state index < -0.39 is 5.97 Å². The number of hydrogen-bond donors (Lipinski definition) is 0. The molecule has 2 heterocycles. The molecule has 4 aromatic rings. The van der Waals surface area contributed by atoms with Gasteiger partial charge in [0.2, 0.25) is 0 Å². The number of aromatic nitrogens is 3. The van der Waals surface area contributed by atoms with Crippen LogP contribution in [0.1, 0.15) is 53.7 Å². The highest BCUT2D eigenvalue weighted by atomic mass is 16.7. The number of fused-ring (bicyclic) bond motifs is 1. The first-order chi connectivity index (χ1) is 17.6. The molecule has 0 amide bonds. The molecule has 1 aliphatic heterocycles. The van der Waals surface area contributed by atoms with Crippen LogP contribution in [-0.4, -0.2) is 51.3 Å². The van der Waals surface area contributed by atoms with E-state index in [0.717, 1.165) is 42.6 Å². The first-order valence-corrected chi connectivity index (χ1v) is 12.6. The second kappa shape index (κ2) is 11.0. The number of nitrogens with zero attached hydrogens (tertiary/aromatic N) is 4. The monoisotopic (exact) mass is 484 g/mol. The SMILES string of the molecule is CC(C)N1CCC(OCc2ccc(C(=O)On3nnc4ccccc43)c(Cc3ccccc3)c2)CC1. The predicted molar refractivity (Wildman–Crippen MR) is 139 cm³/mol. The zero-order chi connectivity index (χ0) is 24.9. The van der Waals surface area contributed by atoms with Gasteiger partial charge >= 0.3 is 5.97 Å². The van der Waals surface area contributed by atoms with Crippen LogP contribution < -0.4 is 4.84 Å². The van der Waals surface area contributed by atoms with E-state index in [4.69, 9.17) is 9.57 Å². The number of piperidine rings is 1. The molecule has 7 nitrogen and oxygen atoms in total. The largest absolute Gasteiger partial charge is 0.373 e. The van der Waals surface area contributed by atoms with E-state index in [0.29, 0.717) is 35.7 Å². The molecule has 0 saturated carbocycles. The fourth-order valence-electron chi connectivity index (χ4n) is 4.71. The Labute approximate surface area is 211 Å². The summed E-state index contributed by atoms with van der Waals surface area (Å²) >= 11 is 0. The van der Waals surface area contributed by atoms with Gasteiger partial charge < -0.3 is 14.5 Å². The number of likely N-dealkylation sites (tertiary alicyclic amines) is 1. The standard InChI is InChI=1S/C29H32N4O3/c1-21(2)32-16-14-25(15-17-32)35-20-23-12-13-26(24(19-23)18-22-8-4-3-5-9-22)29(34)36-33-28-11-7-6-10-27(28)30-31-33/h3-13,19,21,25H,14-18,20H2,1-2H3. The van der Waals surface area contributed by atoms with Crippen molar-refractivity contribution in [3.05, 3.63) is 95.1 Å². The Balaban J connectivity index is 1.33. The van der Waals surface area contributed by atoms with Crippen molar-refractivity contribution < 1.29 is 14.4 Å². The zero-order valence-corrected chi connectivity index (χ0v) is 20.8. The summed E-state index contributed by atoms with van der Waals surface area (Å²) < 4.78 is 6.27. The fraction of sp³-hybridized carbons (Fsp3) is 0.345. The molecule has 0 bridgehead atoms. The number of para-hydroxylation sites is 1. The van der Waals surface area contributed by atoms with Gasteiger partial charge in [0, 0.05) is 19.1 Å². The number of hydrogen-bond acceptors (Lipinski definition) is 6. The molecule has 7 heteroatoms. The number of benzene rings is 3. The lowest BCUT2D eigenvalue weighted by Gasteiger charge is -2.34. The van der Waals surface area contributed by atoms with E-state index in [1.165, 1.54) is 4.85 Å². The normalized spacial score (nSPS) is 15.0. The maximum Gasteiger partial charge on any atom is 0.366 e. The molecule has 0 unspecified atom stereocenters. The van der Waals surface area contributed by atoms with Gasteiger partial charge in [0.1, 0.15) is 11.0 Å². The van der Waals surface area contributed by atoms with Crippen molar-refractivity contribution >= 4 is 17.0 Å². The maximum absolute atomic E-state index is 13.2. The molecule has 1 fully saturated rings. The van der Waals surface area contributed by atoms with Gasteiger partial charge in [0.15, 0.2) is 0 Å². The molecule has 1 aliphatic rings. The quantitative estimate of drug-likeness (QED) is 0.338. The van der Waals surface area contributed by atoms with Crippen LogP contribution in [-0.2, 0) is 17.8 Å².